The normalized spacial score (nSPS) is 13.2. The average Bonchev–Trinajstić information content (AvgIpc) is 3.46. The molecular formula is C30H49Cl3N2O8S2Si2. The van der Waals surface area contributed by atoms with Gasteiger partial charge in [-0.15, -0.1) is 22.7 Å². The van der Waals surface area contributed by atoms with Gasteiger partial charge in [0.2, 0.25) is 5.24 Å². The Labute approximate surface area is 304 Å². The highest BCUT2D eigenvalue weighted by molar-refractivity contribution is 7.15. The largest absolute Gasteiger partial charge is 0.465 e. The predicted molar refractivity (Wildman–Crippen MR) is 201 cm³/mol. The van der Waals surface area contributed by atoms with Crippen LogP contribution in [-0.4, -0.2) is 66.2 Å². The maximum atomic E-state index is 12.4. The fourth-order valence-corrected chi connectivity index (χ4v) is 7.93. The zero-order valence-corrected chi connectivity index (χ0v) is 35.5. The molecule has 1 amide bonds. The molecule has 0 radical (unpaired) electrons. The number of rotatable bonds is 9. The summed E-state index contributed by atoms with van der Waals surface area (Å²) in [5.74, 6) is -1.38. The Hall–Kier alpha value is -1.50. The SMILES string of the molecule is COC(=O)c1c(Cl)csc1N.COC(=O)c1c(Cl)csc1NC(=O)[C@H](C)O[Si](C)(C)C(C)(C)C.C[C@H](O[Si](C)(C)C(C)(C)C)C(=O)Cl. The molecule has 2 aromatic rings. The van der Waals surface area contributed by atoms with Crippen molar-refractivity contribution in [3.63, 3.8) is 0 Å². The van der Waals surface area contributed by atoms with E-state index in [-0.39, 0.29) is 32.1 Å². The van der Waals surface area contributed by atoms with Gasteiger partial charge >= 0.3 is 11.9 Å². The molecule has 3 N–H and O–H groups in total. The number of carbonyl (C=O) groups is 4. The highest BCUT2D eigenvalue weighted by atomic mass is 35.5. The van der Waals surface area contributed by atoms with Crippen molar-refractivity contribution in [3.05, 3.63) is 31.9 Å². The second-order valence-electron chi connectivity index (χ2n) is 13.4. The van der Waals surface area contributed by atoms with E-state index in [1.807, 2.05) is 0 Å². The number of hydrogen-bond acceptors (Lipinski definition) is 11. The summed E-state index contributed by atoms with van der Waals surface area (Å²) in [4.78, 5) is 45.9. The van der Waals surface area contributed by atoms with Gasteiger partial charge in [0, 0.05) is 10.8 Å². The second-order valence-corrected chi connectivity index (χ2v) is 25.9. The molecule has 0 fully saturated rings. The van der Waals surface area contributed by atoms with Crippen LogP contribution < -0.4 is 11.1 Å². The zero-order chi connectivity index (χ0) is 37.3. The van der Waals surface area contributed by atoms with Gasteiger partial charge in [-0.3, -0.25) is 9.59 Å². The van der Waals surface area contributed by atoms with Crippen LogP contribution in [0.25, 0.3) is 0 Å². The van der Waals surface area contributed by atoms with Gasteiger partial charge in [0.15, 0.2) is 16.6 Å². The van der Waals surface area contributed by atoms with Crippen LogP contribution in [0.3, 0.4) is 0 Å². The number of nitrogen functional groups attached to an aromatic ring is 1. The van der Waals surface area contributed by atoms with Crippen molar-refractivity contribution in [1.29, 1.82) is 0 Å². The Morgan fingerprint density at radius 2 is 1.15 bits per heavy atom. The first-order valence-corrected chi connectivity index (χ1v) is 23.2. The van der Waals surface area contributed by atoms with E-state index in [0.717, 1.165) is 0 Å². The molecule has 0 spiro atoms. The minimum absolute atomic E-state index is 0.00492. The van der Waals surface area contributed by atoms with Crippen molar-refractivity contribution in [3.8, 4) is 0 Å². The van der Waals surface area contributed by atoms with Crippen LogP contribution in [0.5, 0.6) is 0 Å². The minimum atomic E-state index is -2.06. The third-order valence-corrected chi connectivity index (χ3v) is 19.8. The number of hydrogen-bond donors (Lipinski definition) is 2. The molecule has 0 bridgehead atoms. The molecule has 47 heavy (non-hydrogen) atoms. The fraction of sp³-hybridized carbons (Fsp3) is 0.600. The standard InChI is InChI=1S/C15H24ClNO4SSi.C9H19ClO2Si.C6H6ClNO2S/c1-9(21-23(6,7)15(2,3)4)12(18)17-13-11(14(19)20-5)10(16)8-22-13;1-7(8(10)11)12-13(5,6)9(2,3)4;1-10-6(9)4-3(7)2-11-5(4)8/h8-9H,1-7H3,(H,17,18);7H,1-6H3;2H,8H2,1H3/t9-;7-;/m00./s1. The number of nitrogens with one attached hydrogen (secondary N) is 1. The minimum Gasteiger partial charge on any atom is -0.465 e. The number of carbonyl (C=O) groups excluding carboxylic acids is 4. The Morgan fingerprint density at radius 3 is 1.51 bits per heavy atom. The first-order chi connectivity index (χ1) is 21.1. The quantitative estimate of drug-likeness (QED) is 0.144. The summed E-state index contributed by atoms with van der Waals surface area (Å²) in [6.45, 7) is 24.5. The van der Waals surface area contributed by atoms with Crippen LogP contribution in [0.4, 0.5) is 10.0 Å². The van der Waals surface area contributed by atoms with Crippen molar-refractivity contribution >= 4 is 107 Å². The summed E-state index contributed by atoms with van der Waals surface area (Å²) in [6.07, 6.45) is -1.11. The third kappa shape index (κ3) is 13.7. The van der Waals surface area contributed by atoms with Gasteiger partial charge in [0.1, 0.15) is 33.3 Å². The number of ether oxygens (including phenoxy) is 2. The molecule has 2 rings (SSSR count). The van der Waals surface area contributed by atoms with Crippen LogP contribution >= 0.6 is 57.5 Å². The molecule has 0 saturated carbocycles. The van der Waals surface area contributed by atoms with Crippen molar-refractivity contribution < 1.29 is 37.5 Å². The molecule has 0 unspecified atom stereocenters. The Kier molecular flexibility index (Phi) is 17.9. The third-order valence-electron chi connectivity index (χ3n) is 7.78. The van der Waals surface area contributed by atoms with Crippen LogP contribution in [-0.2, 0) is 27.9 Å². The maximum absolute atomic E-state index is 12.4. The molecule has 0 aliphatic rings. The molecule has 2 aromatic heterocycles. The van der Waals surface area contributed by atoms with E-state index in [9.17, 15) is 19.2 Å². The number of methoxy groups -OCH3 is 2. The smallest absolute Gasteiger partial charge is 0.342 e. The van der Waals surface area contributed by atoms with Crippen LogP contribution in [0, 0.1) is 0 Å². The topological polar surface area (TPSA) is 143 Å². The fourth-order valence-electron chi connectivity index (χ4n) is 2.92. The van der Waals surface area contributed by atoms with Gasteiger partial charge in [-0.05, 0) is 61.7 Å². The van der Waals surface area contributed by atoms with Gasteiger partial charge in [-0.1, -0.05) is 64.7 Å². The highest BCUT2D eigenvalue weighted by Gasteiger charge is 2.40. The summed E-state index contributed by atoms with van der Waals surface area (Å²) in [5.41, 5.74) is 5.89. The van der Waals surface area contributed by atoms with Crippen molar-refractivity contribution in [2.24, 2.45) is 0 Å². The molecule has 17 heteroatoms. The van der Waals surface area contributed by atoms with E-state index < -0.39 is 46.0 Å². The van der Waals surface area contributed by atoms with Gasteiger partial charge in [0.05, 0.1) is 24.3 Å². The van der Waals surface area contributed by atoms with Gasteiger partial charge in [-0.2, -0.15) is 0 Å². The summed E-state index contributed by atoms with van der Waals surface area (Å²) in [7, 11) is -1.34. The number of thiophene rings is 2. The van der Waals surface area contributed by atoms with E-state index in [0.29, 0.717) is 15.0 Å². The summed E-state index contributed by atoms with van der Waals surface area (Å²) in [5, 5.41) is 6.98. The van der Waals surface area contributed by atoms with Gasteiger partial charge in [0.25, 0.3) is 5.91 Å². The number of amides is 1. The second kappa shape index (κ2) is 18.5. The van der Waals surface area contributed by atoms with Crippen LogP contribution in [0.15, 0.2) is 10.8 Å². The van der Waals surface area contributed by atoms with E-state index >= 15 is 0 Å². The summed E-state index contributed by atoms with van der Waals surface area (Å²) >= 11 is 19.4. The lowest BCUT2D eigenvalue weighted by atomic mass is 10.2. The first kappa shape index (κ1) is 45.5. The van der Waals surface area contributed by atoms with Crippen LogP contribution in [0.1, 0.15) is 76.1 Å². The number of esters is 2. The number of halogens is 3. The number of nitrogens with two attached hydrogens (primary N) is 1. The van der Waals surface area contributed by atoms with Crippen molar-refractivity contribution in [1.82, 2.24) is 0 Å². The lowest BCUT2D eigenvalue weighted by Crippen LogP contribution is -2.46. The molecule has 268 valence electrons. The van der Waals surface area contributed by atoms with E-state index in [4.69, 9.17) is 54.1 Å². The summed E-state index contributed by atoms with van der Waals surface area (Å²) in [6, 6.07) is 0. The molecule has 2 atom stereocenters. The molecular weight excluding hydrogens is 743 g/mol. The van der Waals surface area contributed by atoms with E-state index in [2.05, 4.69) is 77.8 Å². The van der Waals surface area contributed by atoms with Gasteiger partial charge < -0.3 is 29.4 Å². The van der Waals surface area contributed by atoms with Crippen LogP contribution in [0.2, 0.25) is 46.3 Å². The Balaban J connectivity index is 0.000000744. The maximum Gasteiger partial charge on any atom is 0.342 e. The molecule has 2 heterocycles. The lowest BCUT2D eigenvalue weighted by Gasteiger charge is -2.37. The predicted octanol–water partition coefficient (Wildman–Crippen LogP) is 9.47. The van der Waals surface area contributed by atoms with E-state index in [1.54, 1.807) is 24.6 Å². The molecule has 0 aliphatic carbocycles. The highest BCUT2D eigenvalue weighted by Crippen LogP contribution is 2.39. The Bertz CT molecular complexity index is 1370. The molecule has 0 aromatic carbocycles. The number of anilines is 2. The molecule has 0 saturated heterocycles. The average molecular weight is 792 g/mol. The first-order valence-electron chi connectivity index (χ1n) is 14.5. The van der Waals surface area contributed by atoms with Gasteiger partial charge in [-0.25, -0.2) is 9.59 Å². The van der Waals surface area contributed by atoms with Crippen molar-refractivity contribution in [2.75, 3.05) is 25.3 Å². The zero-order valence-electron chi connectivity index (χ0n) is 29.6. The van der Waals surface area contributed by atoms with Crippen molar-refractivity contribution in [2.45, 2.75) is 104 Å². The molecule has 0 aliphatic heterocycles. The monoisotopic (exact) mass is 790 g/mol. The molecule has 10 nitrogen and oxygen atoms in total. The summed E-state index contributed by atoms with van der Waals surface area (Å²) < 4.78 is 20.9. The lowest BCUT2D eigenvalue weighted by molar-refractivity contribution is -0.122. The Morgan fingerprint density at radius 1 is 0.766 bits per heavy atom. The van der Waals surface area contributed by atoms with E-state index in [1.165, 1.54) is 36.9 Å².